The highest BCUT2D eigenvalue weighted by Crippen LogP contribution is 2.31. The fourth-order valence-electron chi connectivity index (χ4n) is 1.82. The summed E-state index contributed by atoms with van der Waals surface area (Å²) in [6, 6.07) is 7.25. The Morgan fingerprint density at radius 1 is 1.31 bits per heavy atom. The topological polar surface area (TPSA) is 46.2 Å². The van der Waals surface area contributed by atoms with E-state index >= 15 is 0 Å². The second kappa shape index (κ2) is 3.77. The zero-order chi connectivity index (χ0) is 11.7. The van der Waals surface area contributed by atoms with Crippen molar-refractivity contribution in [2.75, 3.05) is 0 Å². The molecule has 2 rings (SSSR count). The Kier molecular flexibility index (Phi) is 2.44. The molecule has 0 atom stereocenters. The number of nitrogens with one attached hydrogen (secondary N) is 1. The number of hydrogen-bond donors (Lipinski definition) is 1. The van der Waals surface area contributed by atoms with Crippen molar-refractivity contribution in [2.45, 2.75) is 6.92 Å². The number of allylic oxidation sites excluding steroid dienone is 3. The molecule has 0 aromatic heterocycles. The van der Waals surface area contributed by atoms with Gasteiger partial charge in [-0.05, 0) is 5.56 Å². The van der Waals surface area contributed by atoms with Gasteiger partial charge in [-0.3, -0.25) is 9.59 Å². The predicted octanol–water partition coefficient (Wildman–Crippen LogP) is 1.92. The molecule has 0 heterocycles. The summed E-state index contributed by atoms with van der Waals surface area (Å²) in [5.74, 6) is -0.406. The zero-order valence-electron chi connectivity index (χ0n) is 8.91. The minimum Gasteiger partial charge on any atom is -0.323 e. The molecule has 0 saturated carbocycles. The Bertz CT molecular complexity index is 526. The highest BCUT2D eigenvalue weighted by atomic mass is 16.2. The van der Waals surface area contributed by atoms with Crippen molar-refractivity contribution in [1.82, 2.24) is 5.32 Å². The number of rotatable bonds is 2. The number of carbonyl (C=O) groups excluding carboxylic acids is 2. The van der Waals surface area contributed by atoms with E-state index in [0.717, 1.165) is 5.56 Å². The van der Waals surface area contributed by atoms with Crippen LogP contribution in [0.5, 0.6) is 0 Å². The van der Waals surface area contributed by atoms with Gasteiger partial charge in [0.15, 0.2) is 0 Å². The van der Waals surface area contributed by atoms with Crippen LogP contribution in [-0.4, -0.2) is 11.7 Å². The van der Waals surface area contributed by atoms with Gasteiger partial charge in [-0.2, -0.15) is 0 Å². The normalized spacial score (nSPS) is 13.7. The van der Waals surface area contributed by atoms with E-state index in [2.05, 4.69) is 11.9 Å². The molecule has 3 heteroatoms. The molecule has 0 aliphatic heterocycles. The summed E-state index contributed by atoms with van der Waals surface area (Å²) in [6.45, 7) is 5.05. The van der Waals surface area contributed by atoms with Crippen LogP contribution < -0.4 is 5.32 Å². The molecule has 0 radical (unpaired) electrons. The molecule has 80 valence electrons. The van der Waals surface area contributed by atoms with Crippen LogP contribution in [0.3, 0.4) is 0 Å². The monoisotopic (exact) mass is 213 g/mol. The van der Waals surface area contributed by atoms with Crippen LogP contribution in [0.2, 0.25) is 0 Å². The summed E-state index contributed by atoms with van der Waals surface area (Å²) in [7, 11) is 0. The molecule has 3 nitrogen and oxygen atoms in total. The smallest absolute Gasteiger partial charge is 0.221 e. The van der Waals surface area contributed by atoms with E-state index < -0.39 is 0 Å². The van der Waals surface area contributed by atoms with E-state index in [-0.39, 0.29) is 11.7 Å². The van der Waals surface area contributed by atoms with E-state index in [1.165, 1.54) is 6.92 Å². The van der Waals surface area contributed by atoms with Crippen molar-refractivity contribution in [2.24, 2.45) is 0 Å². The largest absolute Gasteiger partial charge is 0.323 e. The van der Waals surface area contributed by atoms with E-state index in [9.17, 15) is 9.59 Å². The number of Topliss-reactive ketones (excluding diaryl/α,β-unsaturated/α-hetero) is 1. The van der Waals surface area contributed by atoms with Crippen LogP contribution in [0.4, 0.5) is 0 Å². The highest BCUT2D eigenvalue weighted by Gasteiger charge is 2.28. The second-order valence-corrected chi connectivity index (χ2v) is 3.55. The number of hydrogen-bond acceptors (Lipinski definition) is 2. The predicted molar refractivity (Wildman–Crippen MR) is 61.7 cm³/mol. The number of carbonyl (C=O) groups is 2. The van der Waals surface area contributed by atoms with Crippen molar-refractivity contribution in [1.29, 1.82) is 0 Å². The number of ketones is 1. The maximum atomic E-state index is 12.0. The van der Waals surface area contributed by atoms with E-state index in [4.69, 9.17) is 0 Å². The fraction of sp³-hybridized carbons (Fsp3) is 0.0769. The van der Waals surface area contributed by atoms with Crippen LogP contribution in [0.25, 0.3) is 5.57 Å². The first kappa shape index (κ1) is 10.4. The van der Waals surface area contributed by atoms with Crippen molar-refractivity contribution in [3.8, 4) is 0 Å². The van der Waals surface area contributed by atoms with E-state index in [1.54, 1.807) is 18.2 Å². The maximum Gasteiger partial charge on any atom is 0.221 e. The molecule has 1 aliphatic carbocycles. The summed E-state index contributed by atoms with van der Waals surface area (Å²) < 4.78 is 0. The summed E-state index contributed by atoms with van der Waals surface area (Å²) in [5.41, 5.74) is 2.45. The lowest BCUT2D eigenvalue weighted by Gasteiger charge is -2.02. The van der Waals surface area contributed by atoms with Crippen molar-refractivity contribution in [3.05, 3.63) is 53.7 Å². The molecular weight excluding hydrogens is 202 g/mol. The average molecular weight is 213 g/mol. The Morgan fingerprint density at radius 2 is 1.94 bits per heavy atom. The Morgan fingerprint density at radius 3 is 2.50 bits per heavy atom. The third kappa shape index (κ3) is 1.46. The first-order valence-electron chi connectivity index (χ1n) is 4.93. The maximum absolute atomic E-state index is 12.0. The number of amides is 1. The van der Waals surface area contributed by atoms with Gasteiger partial charge in [0.05, 0.1) is 5.70 Å². The summed E-state index contributed by atoms with van der Waals surface area (Å²) in [5, 5.41) is 2.56. The molecule has 0 saturated heterocycles. The average Bonchev–Trinajstić information content (AvgIpc) is 2.52. The lowest BCUT2D eigenvalue weighted by atomic mass is 10.1. The van der Waals surface area contributed by atoms with Gasteiger partial charge in [0.25, 0.3) is 0 Å². The lowest BCUT2D eigenvalue weighted by molar-refractivity contribution is -0.118. The molecule has 0 unspecified atom stereocenters. The summed E-state index contributed by atoms with van der Waals surface area (Å²) >= 11 is 0. The first-order valence-corrected chi connectivity index (χ1v) is 4.93. The fourth-order valence-corrected chi connectivity index (χ4v) is 1.82. The van der Waals surface area contributed by atoms with Gasteiger partial charge in [-0.1, -0.05) is 36.9 Å². The highest BCUT2D eigenvalue weighted by molar-refractivity contribution is 6.22. The molecule has 0 fully saturated rings. The van der Waals surface area contributed by atoms with Crippen LogP contribution >= 0.6 is 0 Å². The van der Waals surface area contributed by atoms with Crippen molar-refractivity contribution < 1.29 is 9.59 Å². The van der Waals surface area contributed by atoms with E-state index in [0.29, 0.717) is 16.8 Å². The number of fused-ring (bicyclic) bond motifs is 1. The second-order valence-electron chi connectivity index (χ2n) is 3.55. The minimum atomic E-state index is -0.254. The SMILES string of the molecule is C=CC1=C(NC(C)=O)C(=O)c2ccccc21. The van der Waals surface area contributed by atoms with Crippen LogP contribution in [-0.2, 0) is 4.79 Å². The lowest BCUT2D eigenvalue weighted by Crippen LogP contribution is -2.23. The van der Waals surface area contributed by atoms with Crippen LogP contribution in [0.15, 0.2) is 42.6 Å². The molecule has 16 heavy (non-hydrogen) atoms. The van der Waals surface area contributed by atoms with Crippen molar-refractivity contribution in [3.63, 3.8) is 0 Å². The third-order valence-electron chi connectivity index (χ3n) is 2.46. The Labute approximate surface area is 93.5 Å². The molecule has 1 N–H and O–H groups in total. The minimum absolute atomic E-state index is 0.152. The Hall–Kier alpha value is -2.16. The summed E-state index contributed by atoms with van der Waals surface area (Å²) in [4.78, 5) is 23.0. The zero-order valence-corrected chi connectivity index (χ0v) is 8.91. The molecule has 1 amide bonds. The molecule has 0 bridgehead atoms. The van der Waals surface area contributed by atoms with Gasteiger partial charge in [0, 0.05) is 18.1 Å². The number of benzene rings is 1. The van der Waals surface area contributed by atoms with Gasteiger partial charge in [-0.15, -0.1) is 0 Å². The standard InChI is InChI=1S/C13H11NO2/c1-3-9-10-6-4-5-7-11(10)13(16)12(9)14-8(2)15/h3-7H,1H2,2H3,(H,14,15,16). The van der Waals surface area contributed by atoms with E-state index in [1.807, 2.05) is 12.1 Å². The molecule has 1 aromatic carbocycles. The van der Waals surface area contributed by atoms with Gasteiger partial charge < -0.3 is 5.32 Å². The molecule has 1 aromatic rings. The van der Waals surface area contributed by atoms with Gasteiger partial charge in [-0.25, -0.2) is 0 Å². The van der Waals surface area contributed by atoms with Crippen LogP contribution in [0, 0.1) is 0 Å². The van der Waals surface area contributed by atoms with Crippen molar-refractivity contribution >= 4 is 17.3 Å². The van der Waals surface area contributed by atoms with Gasteiger partial charge in [0.1, 0.15) is 0 Å². The van der Waals surface area contributed by atoms with Gasteiger partial charge in [0.2, 0.25) is 11.7 Å². The molecular formula is C13H11NO2. The summed E-state index contributed by atoms with van der Waals surface area (Å²) in [6.07, 6.45) is 1.59. The van der Waals surface area contributed by atoms with Crippen LogP contribution in [0.1, 0.15) is 22.8 Å². The van der Waals surface area contributed by atoms with Gasteiger partial charge >= 0.3 is 0 Å². The quantitative estimate of drug-likeness (QED) is 0.815. The Balaban J connectivity index is 2.57. The molecule has 1 aliphatic rings. The molecule has 0 spiro atoms. The first-order chi connectivity index (χ1) is 7.65. The third-order valence-corrected chi connectivity index (χ3v) is 2.46.